The molecule has 108 valence electrons. The highest BCUT2D eigenvalue weighted by Gasteiger charge is 2.17. The highest BCUT2D eigenvalue weighted by Crippen LogP contribution is 2.27. The number of carbonyl (C=O) groups excluding carboxylic acids is 1. The Labute approximate surface area is 137 Å². The average Bonchev–Trinajstić information content (AvgIpc) is 2.47. The molecule has 21 heavy (non-hydrogen) atoms. The lowest BCUT2D eigenvalue weighted by Gasteiger charge is -2.16. The molecule has 0 saturated heterocycles. The topological polar surface area (TPSA) is 26.3 Å². The van der Waals surface area contributed by atoms with Crippen molar-refractivity contribution < 1.29 is 9.53 Å². The van der Waals surface area contributed by atoms with Crippen molar-refractivity contribution in [3.8, 4) is 5.75 Å². The maximum atomic E-state index is 11.9. The van der Waals surface area contributed by atoms with Gasteiger partial charge in [0.1, 0.15) is 12.4 Å². The van der Waals surface area contributed by atoms with Crippen LogP contribution in [0, 0.1) is 0 Å². The molecule has 0 fully saturated rings. The van der Waals surface area contributed by atoms with Gasteiger partial charge in [0.05, 0.1) is 0 Å². The molecule has 1 aliphatic rings. The minimum Gasteiger partial charge on any atom is -0.489 e. The zero-order valence-corrected chi connectivity index (χ0v) is 13.7. The molecule has 2 aromatic carbocycles. The number of halogens is 2. The summed E-state index contributed by atoms with van der Waals surface area (Å²) >= 11 is 9.55. The number of hydrogen-bond acceptors (Lipinski definition) is 2. The minimum atomic E-state index is 0.211. The van der Waals surface area contributed by atoms with Gasteiger partial charge in [-0.25, -0.2) is 0 Å². The van der Waals surface area contributed by atoms with Gasteiger partial charge in [-0.05, 0) is 42.7 Å². The van der Waals surface area contributed by atoms with Gasteiger partial charge in [-0.15, -0.1) is 0 Å². The quantitative estimate of drug-likeness (QED) is 0.747. The molecule has 0 N–H and O–H groups in total. The number of ether oxygens (including phenoxy) is 1. The van der Waals surface area contributed by atoms with E-state index in [1.165, 1.54) is 0 Å². The summed E-state index contributed by atoms with van der Waals surface area (Å²) in [4.78, 5) is 11.9. The van der Waals surface area contributed by atoms with E-state index in [1.54, 1.807) is 0 Å². The maximum absolute atomic E-state index is 11.9. The summed E-state index contributed by atoms with van der Waals surface area (Å²) in [5, 5.41) is 0.665. The molecule has 2 nitrogen and oxygen atoms in total. The van der Waals surface area contributed by atoms with Crippen LogP contribution in [0.15, 0.2) is 40.9 Å². The molecule has 1 aliphatic carbocycles. The number of ketones is 1. The molecule has 4 heteroatoms. The smallest absolute Gasteiger partial charge is 0.163 e. The second kappa shape index (κ2) is 6.20. The van der Waals surface area contributed by atoms with Crippen molar-refractivity contribution in [2.24, 2.45) is 0 Å². The van der Waals surface area contributed by atoms with E-state index in [2.05, 4.69) is 15.9 Å². The Morgan fingerprint density at radius 3 is 2.81 bits per heavy atom. The molecule has 0 saturated carbocycles. The lowest BCUT2D eigenvalue weighted by molar-refractivity contribution is 0.0972. The first kappa shape index (κ1) is 14.6. The minimum absolute atomic E-state index is 0.211. The van der Waals surface area contributed by atoms with Crippen molar-refractivity contribution in [2.75, 3.05) is 0 Å². The van der Waals surface area contributed by atoms with E-state index in [1.807, 2.05) is 36.4 Å². The molecule has 0 atom stereocenters. The Bertz CT molecular complexity index is 697. The van der Waals surface area contributed by atoms with E-state index >= 15 is 0 Å². The van der Waals surface area contributed by atoms with Crippen LogP contribution < -0.4 is 4.74 Å². The van der Waals surface area contributed by atoms with Gasteiger partial charge < -0.3 is 4.74 Å². The molecule has 3 rings (SSSR count). The number of Topliss-reactive ketones (excluding diaryl/α,β-unsaturated/α-hetero) is 1. The zero-order chi connectivity index (χ0) is 14.8. The molecule has 0 amide bonds. The fourth-order valence-electron chi connectivity index (χ4n) is 2.50. The van der Waals surface area contributed by atoms with Crippen molar-refractivity contribution in [2.45, 2.75) is 25.9 Å². The molecule has 0 aromatic heterocycles. The van der Waals surface area contributed by atoms with E-state index < -0.39 is 0 Å². The van der Waals surface area contributed by atoms with Gasteiger partial charge in [0.2, 0.25) is 0 Å². The fraction of sp³-hybridized carbons (Fsp3) is 0.235. The molecule has 0 heterocycles. The van der Waals surface area contributed by atoms with Gasteiger partial charge in [0.25, 0.3) is 0 Å². The van der Waals surface area contributed by atoms with Gasteiger partial charge in [0, 0.05) is 27.0 Å². The summed E-state index contributed by atoms with van der Waals surface area (Å²) in [6.07, 6.45) is 2.55. The second-order valence-corrected chi connectivity index (χ2v) is 6.44. The van der Waals surface area contributed by atoms with Crippen molar-refractivity contribution in [3.05, 3.63) is 62.6 Å². The predicted octanol–water partition coefficient (Wildman–Crippen LogP) is 5.20. The summed E-state index contributed by atoms with van der Waals surface area (Å²) in [6, 6.07) is 11.5. The van der Waals surface area contributed by atoms with Crippen LogP contribution in [-0.2, 0) is 13.0 Å². The molecule has 0 aliphatic heterocycles. The lowest BCUT2D eigenvalue weighted by Crippen LogP contribution is -2.10. The van der Waals surface area contributed by atoms with Crippen LogP contribution in [0.25, 0.3) is 0 Å². The Kier molecular flexibility index (Phi) is 4.32. The summed E-state index contributed by atoms with van der Waals surface area (Å²) in [7, 11) is 0. The monoisotopic (exact) mass is 364 g/mol. The molecule has 0 bridgehead atoms. The number of rotatable bonds is 3. The first-order valence-corrected chi connectivity index (χ1v) is 8.03. The summed E-state index contributed by atoms with van der Waals surface area (Å²) in [5.74, 6) is 0.923. The first-order valence-electron chi connectivity index (χ1n) is 6.86. The number of fused-ring (bicyclic) bond motifs is 1. The molecular weight excluding hydrogens is 352 g/mol. The van der Waals surface area contributed by atoms with E-state index in [0.29, 0.717) is 23.8 Å². The van der Waals surface area contributed by atoms with Crippen molar-refractivity contribution >= 4 is 33.3 Å². The SMILES string of the molecule is O=C1CCCc2ccc(OCc3ccc(Br)cc3Cl)cc21. The lowest BCUT2D eigenvalue weighted by atomic mass is 9.90. The van der Waals surface area contributed by atoms with E-state index in [0.717, 1.165) is 34.0 Å². The van der Waals surface area contributed by atoms with Gasteiger partial charge in [-0.1, -0.05) is 39.7 Å². The predicted molar refractivity (Wildman–Crippen MR) is 87.2 cm³/mol. The van der Waals surface area contributed by atoms with Crippen LogP contribution in [0.5, 0.6) is 5.75 Å². The van der Waals surface area contributed by atoms with Gasteiger partial charge >= 0.3 is 0 Å². The van der Waals surface area contributed by atoms with Gasteiger partial charge in [-0.2, -0.15) is 0 Å². The summed E-state index contributed by atoms with van der Waals surface area (Å²) in [5.41, 5.74) is 2.85. The third-order valence-corrected chi connectivity index (χ3v) is 4.49. The van der Waals surface area contributed by atoms with Crippen LogP contribution >= 0.6 is 27.5 Å². The third kappa shape index (κ3) is 3.30. The Hall–Kier alpha value is -1.32. The van der Waals surface area contributed by atoms with Gasteiger partial charge in [0.15, 0.2) is 5.78 Å². The first-order chi connectivity index (χ1) is 10.1. The highest BCUT2D eigenvalue weighted by atomic mass is 79.9. The number of benzene rings is 2. The maximum Gasteiger partial charge on any atom is 0.163 e. The van der Waals surface area contributed by atoms with Crippen molar-refractivity contribution in [1.29, 1.82) is 0 Å². The zero-order valence-electron chi connectivity index (χ0n) is 11.4. The highest BCUT2D eigenvalue weighted by molar-refractivity contribution is 9.10. The van der Waals surface area contributed by atoms with Gasteiger partial charge in [-0.3, -0.25) is 4.79 Å². The van der Waals surface area contributed by atoms with E-state index in [9.17, 15) is 4.79 Å². The fourth-order valence-corrected chi connectivity index (χ4v) is 3.22. The van der Waals surface area contributed by atoms with Crippen molar-refractivity contribution in [3.63, 3.8) is 0 Å². The van der Waals surface area contributed by atoms with Crippen molar-refractivity contribution in [1.82, 2.24) is 0 Å². The van der Waals surface area contributed by atoms with E-state index in [-0.39, 0.29) is 5.78 Å². The largest absolute Gasteiger partial charge is 0.489 e. The van der Waals surface area contributed by atoms with Crippen LogP contribution in [-0.4, -0.2) is 5.78 Å². The normalized spacial score (nSPS) is 13.9. The molecular formula is C17H14BrClO2. The van der Waals surface area contributed by atoms with Crippen LogP contribution in [0.1, 0.15) is 34.3 Å². The second-order valence-electron chi connectivity index (χ2n) is 5.12. The molecule has 0 radical (unpaired) electrons. The van der Waals surface area contributed by atoms with E-state index in [4.69, 9.17) is 16.3 Å². The van der Waals surface area contributed by atoms with Crippen LogP contribution in [0.2, 0.25) is 5.02 Å². The third-order valence-electron chi connectivity index (χ3n) is 3.64. The summed E-state index contributed by atoms with van der Waals surface area (Å²) < 4.78 is 6.72. The molecule has 0 unspecified atom stereocenters. The number of aryl methyl sites for hydroxylation is 1. The standard InChI is InChI=1S/C17H14BrClO2/c18-13-6-4-12(16(19)8-13)10-21-14-7-5-11-2-1-3-17(20)15(11)9-14/h4-9H,1-3,10H2. The van der Waals surface area contributed by atoms with Crippen LogP contribution in [0.4, 0.5) is 0 Å². The Morgan fingerprint density at radius 1 is 1.14 bits per heavy atom. The Morgan fingerprint density at radius 2 is 2.00 bits per heavy atom. The Balaban J connectivity index is 1.76. The number of hydrogen-bond donors (Lipinski definition) is 0. The molecule has 0 spiro atoms. The molecule has 2 aromatic rings. The number of carbonyl (C=O) groups is 1. The summed E-state index contributed by atoms with van der Waals surface area (Å²) in [6.45, 7) is 0.388. The van der Waals surface area contributed by atoms with Crippen LogP contribution in [0.3, 0.4) is 0 Å². The average molecular weight is 366 g/mol.